The van der Waals surface area contributed by atoms with Gasteiger partial charge in [0.25, 0.3) is 5.91 Å². The van der Waals surface area contributed by atoms with Crippen molar-refractivity contribution in [1.29, 1.82) is 0 Å². The van der Waals surface area contributed by atoms with E-state index < -0.39 is 5.91 Å². The number of nitrogens with one attached hydrogen (secondary N) is 2. The third kappa shape index (κ3) is 2.47. The van der Waals surface area contributed by atoms with Gasteiger partial charge in [-0.1, -0.05) is 35.3 Å². The zero-order chi connectivity index (χ0) is 15.0. The fourth-order valence-electron chi connectivity index (χ4n) is 2.07. The number of benzene rings is 2. The molecule has 3 aromatic rings. The van der Waals surface area contributed by atoms with Gasteiger partial charge >= 0.3 is 0 Å². The van der Waals surface area contributed by atoms with E-state index >= 15 is 0 Å². The number of carbonyl (C=O) groups excluding carboxylic acids is 1. The van der Waals surface area contributed by atoms with Crippen LogP contribution in [0, 0.1) is 0 Å². The molecule has 0 radical (unpaired) electrons. The van der Waals surface area contributed by atoms with Crippen molar-refractivity contribution in [3.8, 4) is 11.4 Å². The van der Waals surface area contributed by atoms with E-state index in [2.05, 4.69) is 15.4 Å². The summed E-state index contributed by atoms with van der Waals surface area (Å²) < 4.78 is 0. The van der Waals surface area contributed by atoms with Gasteiger partial charge in [0.15, 0.2) is 0 Å². The summed E-state index contributed by atoms with van der Waals surface area (Å²) in [7, 11) is 0. The molecule has 0 unspecified atom stereocenters. The minimum atomic E-state index is -0.423. The molecule has 5 nitrogen and oxygen atoms in total. The molecule has 0 aliphatic carbocycles. The summed E-state index contributed by atoms with van der Waals surface area (Å²) in [5.41, 5.74) is 4.38. The Labute approximate surface area is 130 Å². The Hall–Kier alpha value is -2.08. The Kier molecular flexibility index (Phi) is 3.55. The lowest BCUT2D eigenvalue weighted by molar-refractivity contribution is 0.0954. The van der Waals surface area contributed by atoms with Crippen LogP contribution in [0.5, 0.6) is 0 Å². The minimum absolute atomic E-state index is 0.351. The van der Waals surface area contributed by atoms with Crippen molar-refractivity contribution in [2.75, 3.05) is 0 Å². The third-order valence-electron chi connectivity index (χ3n) is 3.06. The first-order valence-electron chi connectivity index (χ1n) is 6.05. The highest BCUT2D eigenvalue weighted by molar-refractivity contribution is 6.35. The molecule has 21 heavy (non-hydrogen) atoms. The van der Waals surface area contributed by atoms with Gasteiger partial charge < -0.3 is 4.98 Å². The second kappa shape index (κ2) is 5.37. The van der Waals surface area contributed by atoms with Crippen LogP contribution in [0.3, 0.4) is 0 Å². The molecule has 2 aromatic carbocycles. The first-order valence-corrected chi connectivity index (χ1v) is 6.81. The highest BCUT2D eigenvalue weighted by Gasteiger charge is 2.14. The summed E-state index contributed by atoms with van der Waals surface area (Å²) in [6.45, 7) is 0. The van der Waals surface area contributed by atoms with E-state index in [1.807, 2.05) is 18.2 Å². The maximum atomic E-state index is 11.6. The molecule has 3 rings (SSSR count). The Morgan fingerprint density at radius 3 is 2.67 bits per heavy atom. The maximum Gasteiger partial charge on any atom is 0.265 e. The molecule has 0 fully saturated rings. The van der Waals surface area contributed by atoms with E-state index in [0.29, 0.717) is 32.5 Å². The van der Waals surface area contributed by atoms with Gasteiger partial charge in [0.05, 0.1) is 15.6 Å². The predicted molar refractivity (Wildman–Crippen MR) is 83.2 cm³/mol. The smallest absolute Gasteiger partial charge is 0.265 e. The lowest BCUT2D eigenvalue weighted by Gasteiger charge is -2.00. The highest BCUT2D eigenvalue weighted by atomic mass is 35.5. The minimum Gasteiger partial charge on any atom is -0.338 e. The summed E-state index contributed by atoms with van der Waals surface area (Å²) in [5.74, 6) is 5.29. The maximum absolute atomic E-state index is 11.6. The van der Waals surface area contributed by atoms with Gasteiger partial charge in [0.1, 0.15) is 11.3 Å². The van der Waals surface area contributed by atoms with Gasteiger partial charge in [-0.05, 0) is 24.3 Å². The van der Waals surface area contributed by atoms with E-state index in [4.69, 9.17) is 29.0 Å². The van der Waals surface area contributed by atoms with Gasteiger partial charge in [-0.3, -0.25) is 10.2 Å². The summed E-state index contributed by atoms with van der Waals surface area (Å²) in [4.78, 5) is 19.1. The van der Waals surface area contributed by atoms with Crippen molar-refractivity contribution in [2.24, 2.45) is 5.84 Å². The van der Waals surface area contributed by atoms with Crippen LogP contribution in [0.4, 0.5) is 0 Å². The number of nitrogens with zero attached hydrogens (tertiary/aromatic N) is 1. The number of aromatic amines is 1. The van der Waals surface area contributed by atoms with E-state index in [0.717, 1.165) is 5.56 Å². The number of amides is 1. The number of carbonyl (C=O) groups is 1. The lowest BCUT2D eigenvalue weighted by atomic mass is 10.2. The number of rotatable bonds is 2. The second-order valence-electron chi connectivity index (χ2n) is 4.39. The predicted octanol–water partition coefficient (Wildman–Crippen LogP) is 3.14. The molecule has 4 N–H and O–H groups in total. The topological polar surface area (TPSA) is 83.8 Å². The van der Waals surface area contributed by atoms with Crippen LogP contribution in [-0.2, 0) is 0 Å². The molecular weight excluding hydrogens is 311 g/mol. The molecule has 0 atom stereocenters. The molecule has 1 aromatic heterocycles. The average molecular weight is 321 g/mol. The van der Waals surface area contributed by atoms with E-state index in [1.165, 1.54) is 6.07 Å². The first kappa shape index (κ1) is 13.9. The molecule has 0 saturated heterocycles. The van der Waals surface area contributed by atoms with Crippen LogP contribution in [0.1, 0.15) is 10.4 Å². The van der Waals surface area contributed by atoms with E-state index in [1.54, 1.807) is 12.1 Å². The second-order valence-corrected chi connectivity index (χ2v) is 5.21. The number of nitrogens with two attached hydrogens (primary N) is 1. The van der Waals surface area contributed by atoms with Crippen molar-refractivity contribution in [1.82, 2.24) is 15.4 Å². The lowest BCUT2D eigenvalue weighted by Crippen LogP contribution is -2.29. The highest BCUT2D eigenvalue weighted by Crippen LogP contribution is 2.30. The van der Waals surface area contributed by atoms with Gasteiger partial charge in [-0.2, -0.15) is 0 Å². The average Bonchev–Trinajstić information content (AvgIpc) is 2.91. The molecule has 1 heterocycles. The van der Waals surface area contributed by atoms with Gasteiger partial charge in [0, 0.05) is 11.1 Å². The van der Waals surface area contributed by atoms with Crippen molar-refractivity contribution in [2.45, 2.75) is 0 Å². The molecule has 0 saturated carbocycles. The van der Waals surface area contributed by atoms with Crippen LogP contribution >= 0.6 is 23.2 Å². The number of hydrogen-bond donors (Lipinski definition) is 3. The summed E-state index contributed by atoms with van der Waals surface area (Å²) in [5, 5.41) is 0.938. The Bertz CT molecular complexity index is 844. The molecule has 0 aliphatic heterocycles. The molecule has 0 spiro atoms. The van der Waals surface area contributed by atoms with Crippen molar-refractivity contribution < 1.29 is 4.79 Å². The fourth-order valence-corrected chi connectivity index (χ4v) is 2.56. The summed E-state index contributed by atoms with van der Waals surface area (Å²) in [6.07, 6.45) is 0. The molecule has 0 aliphatic rings. The number of imidazole rings is 1. The molecule has 7 heteroatoms. The number of fused-ring (bicyclic) bond motifs is 1. The van der Waals surface area contributed by atoms with Crippen molar-refractivity contribution in [3.05, 3.63) is 52.0 Å². The Morgan fingerprint density at radius 1 is 1.19 bits per heavy atom. The quantitative estimate of drug-likeness (QED) is 0.385. The Morgan fingerprint density at radius 2 is 1.95 bits per heavy atom. The first-order chi connectivity index (χ1) is 10.1. The van der Waals surface area contributed by atoms with Crippen LogP contribution in [-0.4, -0.2) is 15.9 Å². The van der Waals surface area contributed by atoms with Crippen LogP contribution in [0.25, 0.3) is 22.4 Å². The fraction of sp³-hybridized carbons (Fsp3) is 0. The number of hydrazine groups is 1. The van der Waals surface area contributed by atoms with Crippen LogP contribution < -0.4 is 11.3 Å². The van der Waals surface area contributed by atoms with Gasteiger partial charge in [-0.25, -0.2) is 10.8 Å². The number of halogens is 2. The number of aromatic nitrogens is 2. The van der Waals surface area contributed by atoms with Crippen LogP contribution in [0.2, 0.25) is 10.0 Å². The normalized spacial score (nSPS) is 10.8. The third-order valence-corrected chi connectivity index (χ3v) is 3.68. The standard InChI is InChI=1S/C14H10Cl2N4O/c15-9-4-2-1-3-8(9)13-18-11-6-7(14(21)20-17)5-10(16)12(11)19-13/h1-6H,17H2,(H,18,19)(H,20,21). The van der Waals surface area contributed by atoms with E-state index in [9.17, 15) is 4.79 Å². The SMILES string of the molecule is NNC(=O)c1cc(Cl)c2nc(-c3ccccc3Cl)[nH]c2c1. The largest absolute Gasteiger partial charge is 0.338 e. The van der Waals surface area contributed by atoms with E-state index in [-0.39, 0.29) is 0 Å². The summed E-state index contributed by atoms with van der Waals surface area (Å²) in [6, 6.07) is 10.5. The zero-order valence-corrected chi connectivity index (χ0v) is 12.2. The molecule has 1 amide bonds. The molecular formula is C14H10Cl2N4O. The molecule has 106 valence electrons. The number of hydrogen-bond acceptors (Lipinski definition) is 3. The van der Waals surface area contributed by atoms with Gasteiger partial charge in [0.2, 0.25) is 0 Å². The van der Waals surface area contributed by atoms with Crippen LogP contribution in [0.15, 0.2) is 36.4 Å². The number of H-pyrrole nitrogens is 1. The Balaban J connectivity index is 2.19. The molecule has 0 bridgehead atoms. The van der Waals surface area contributed by atoms with Crippen molar-refractivity contribution in [3.63, 3.8) is 0 Å². The van der Waals surface area contributed by atoms with Crippen molar-refractivity contribution >= 4 is 40.1 Å². The van der Waals surface area contributed by atoms with Gasteiger partial charge in [-0.15, -0.1) is 0 Å². The monoisotopic (exact) mass is 320 g/mol. The summed E-state index contributed by atoms with van der Waals surface area (Å²) >= 11 is 12.3. The zero-order valence-electron chi connectivity index (χ0n) is 10.7. The number of nitrogen functional groups attached to an aromatic ring is 1.